The van der Waals surface area contributed by atoms with E-state index < -0.39 is 0 Å². The van der Waals surface area contributed by atoms with Crippen LogP contribution in [0.25, 0.3) is 33.7 Å². The fourth-order valence-electron chi connectivity index (χ4n) is 3.10. The van der Waals surface area contributed by atoms with Gasteiger partial charge in [-0.25, -0.2) is 0 Å². The molecule has 2 aromatic heterocycles. The molecule has 0 atom stereocenters. The number of hydrogen-bond acceptors (Lipinski definition) is 7. The maximum absolute atomic E-state index is 5.83. The molecule has 0 saturated carbocycles. The van der Waals surface area contributed by atoms with Gasteiger partial charge in [-0.1, -0.05) is 78.2 Å². The summed E-state index contributed by atoms with van der Waals surface area (Å²) in [4.78, 5) is 0. The van der Waals surface area contributed by atoms with Crippen LogP contribution in [-0.4, -0.2) is 26.1 Å². The highest BCUT2D eigenvalue weighted by atomic mass is 32.2. The first-order valence-electron chi connectivity index (χ1n) is 9.65. The van der Waals surface area contributed by atoms with Crippen LogP contribution in [0, 0.1) is 11.8 Å². The van der Waals surface area contributed by atoms with Crippen molar-refractivity contribution in [1.29, 1.82) is 0 Å². The molecular weight excluding hydrogens is 408 g/mol. The van der Waals surface area contributed by atoms with Gasteiger partial charge in [0.2, 0.25) is 17.7 Å². The summed E-state index contributed by atoms with van der Waals surface area (Å²) >= 11 is 1.40. The fourth-order valence-corrected chi connectivity index (χ4v) is 3.63. The van der Waals surface area contributed by atoms with Crippen LogP contribution in [0.3, 0.4) is 0 Å². The van der Waals surface area contributed by atoms with Crippen molar-refractivity contribution in [3.05, 3.63) is 78.7 Å². The zero-order valence-electron chi connectivity index (χ0n) is 16.4. The minimum absolute atomic E-state index is 0.394. The standard InChI is InChI=1S/C24H16N4O2S/c1-2-10-18(11-3-1)22-26-25-21(29-22)15-6-7-16-31-24-28-27-23(30-24)20-14-8-12-17-9-4-5-13-19(17)20/h1-5,8-14H,15-16H2. The van der Waals surface area contributed by atoms with Gasteiger partial charge in [0.15, 0.2) is 0 Å². The summed E-state index contributed by atoms with van der Waals surface area (Å²) in [6, 6.07) is 23.8. The molecule has 0 amide bonds. The predicted molar refractivity (Wildman–Crippen MR) is 119 cm³/mol. The first-order valence-corrected chi connectivity index (χ1v) is 10.6. The third-order valence-corrected chi connectivity index (χ3v) is 5.25. The Morgan fingerprint density at radius 2 is 1.52 bits per heavy atom. The van der Waals surface area contributed by atoms with Crippen molar-refractivity contribution in [2.75, 3.05) is 5.75 Å². The van der Waals surface area contributed by atoms with E-state index in [1.807, 2.05) is 60.7 Å². The lowest BCUT2D eigenvalue weighted by atomic mass is 10.0. The van der Waals surface area contributed by atoms with Crippen LogP contribution in [0.15, 0.2) is 86.9 Å². The first kappa shape index (κ1) is 19.1. The van der Waals surface area contributed by atoms with E-state index >= 15 is 0 Å². The van der Waals surface area contributed by atoms with Gasteiger partial charge < -0.3 is 8.83 Å². The Balaban J connectivity index is 1.20. The zero-order valence-corrected chi connectivity index (χ0v) is 17.2. The van der Waals surface area contributed by atoms with Crippen molar-refractivity contribution >= 4 is 22.5 Å². The SMILES string of the molecule is C(#CCc1nnc(-c2ccccc2)o1)CSc1nnc(-c2cccc3ccccc23)o1. The monoisotopic (exact) mass is 424 g/mol. The lowest BCUT2D eigenvalue weighted by Crippen LogP contribution is -1.81. The third kappa shape index (κ3) is 4.34. The number of thioether (sulfide) groups is 1. The average Bonchev–Trinajstić information content (AvgIpc) is 3.49. The molecule has 0 bridgehead atoms. The van der Waals surface area contributed by atoms with Gasteiger partial charge in [-0.05, 0) is 29.0 Å². The molecule has 0 saturated heterocycles. The second kappa shape index (κ2) is 8.86. The molecule has 0 aliphatic heterocycles. The van der Waals surface area contributed by atoms with E-state index in [0.29, 0.717) is 35.1 Å². The molecule has 0 unspecified atom stereocenters. The highest BCUT2D eigenvalue weighted by molar-refractivity contribution is 7.99. The predicted octanol–water partition coefficient (Wildman–Crippen LogP) is 5.28. The number of rotatable bonds is 5. The largest absolute Gasteiger partial charge is 0.420 e. The molecule has 150 valence electrons. The van der Waals surface area contributed by atoms with Crippen molar-refractivity contribution in [3.63, 3.8) is 0 Å². The zero-order chi connectivity index (χ0) is 20.9. The van der Waals surface area contributed by atoms with E-state index in [1.54, 1.807) is 0 Å². The number of aromatic nitrogens is 4. The van der Waals surface area contributed by atoms with E-state index in [2.05, 4.69) is 44.4 Å². The van der Waals surface area contributed by atoms with Crippen LogP contribution >= 0.6 is 11.8 Å². The first-order chi connectivity index (χ1) is 15.4. The van der Waals surface area contributed by atoms with Crippen molar-refractivity contribution in [2.45, 2.75) is 11.6 Å². The van der Waals surface area contributed by atoms with Crippen molar-refractivity contribution in [1.82, 2.24) is 20.4 Å². The maximum Gasteiger partial charge on any atom is 0.277 e. The Bertz CT molecular complexity index is 1380. The van der Waals surface area contributed by atoms with Gasteiger partial charge in [-0.15, -0.1) is 20.4 Å². The summed E-state index contributed by atoms with van der Waals surface area (Å²) < 4.78 is 11.5. The molecule has 5 rings (SSSR count). The van der Waals surface area contributed by atoms with Gasteiger partial charge in [-0.3, -0.25) is 0 Å². The Morgan fingerprint density at radius 3 is 2.45 bits per heavy atom. The molecule has 0 aliphatic carbocycles. The molecule has 0 fully saturated rings. The van der Waals surface area contributed by atoms with Crippen LogP contribution in [0.1, 0.15) is 5.89 Å². The van der Waals surface area contributed by atoms with Crippen molar-refractivity contribution in [3.8, 4) is 34.7 Å². The second-order valence-corrected chi connectivity index (χ2v) is 7.51. The van der Waals surface area contributed by atoms with Crippen molar-refractivity contribution in [2.24, 2.45) is 0 Å². The molecule has 0 aliphatic rings. The third-order valence-electron chi connectivity index (χ3n) is 4.55. The maximum atomic E-state index is 5.83. The molecule has 2 heterocycles. The van der Waals surface area contributed by atoms with Gasteiger partial charge in [-0.2, -0.15) is 0 Å². The normalized spacial score (nSPS) is 10.7. The summed E-state index contributed by atoms with van der Waals surface area (Å²) in [5.74, 6) is 8.13. The minimum atomic E-state index is 0.394. The smallest absolute Gasteiger partial charge is 0.277 e. The lowest BCUT2D eigenvalue weighted by Gasteiger charge is -2.01. The van der Waals surface area contributed by atoms with Gasteiger partial charge in [0.05, 0.1) is 12.2 Å². The molecule has 6 nitrogen and oxygen atoms in total. The van der Waals surface area contributed by atoms with Gasteiger partial charge in [0.1, 0.15) is 0 Å². The van der Waals surface area contributed by atoms with Crippen molar-refractivity contribution < 1.29 is 8.83 Å². The average molecular weight is 424 g/mol. The number of hydrogen-bond donors (Lipinski definition) is 0. The van der Waals surface area contributed by atoms with E-state index in [9.17, 15) is 0 Å². The highest BCUT2D eigenvalue weighted by Crippen LogP contribution is 2.29. The molecular formula is C24H16N4O2S. The summed E-state index contributed by atoms with van der Waals surface area (Å²) in [6.07, 6.45) is 0.394. The van der Waals surface area contributed by atoms with E-state index in [0.717, 1.165) is 21.9 Å². The van der Waals surface area contributed by atoms with Crippen LogP contribution in [0.4, 0.5) is 0 Å². The summed E-state index contributed by atoms with van der Waals surface area (Å²) in [6.45, 7) is 0. The Morgan fingerprint density at radius 1 is 0.710 bits per heavy atom. The summed E-state index contributed by atoms with van der Waals surface area (Å²) in [5, 5.41) is 19.1. The highest BCUT2D eigenvalue weighted by Gasteiger charge is 2.11. The van der Waals surface area contributed by atoms with Gasteiger partial charge >= 0.3 is 0 Å². The van der Waals surface area contributed by atoms with E-state index in [4.69, 9.17) is 8.83 Å². The minimum Gasteiger partial charge on any atom is -0.420 e. The Hall–Kier alpha value is -3.89. The van der Waals surface area contributed by atoms with Crippen LogP contribution in [0.5, 0.6) is 0 Å². The summed E-state index contributed by atoms with van der Waals surface area (Å²) in [7, 11) is 0. The quantitative estimate of drug-likeness (QED) is 0.281. The molecule has 0 radical (unpaired) electrons. The number of fused-ring (bicyclic) bond motifs is 1. The molecule has 5 aromatic rings. The molecule has 3 aromatic carbocycles. The van der Waals surface area contributed by atoms with Gasteiger partial charge in [0.25, 0.3) is 5.22 Å². The van der Waals surface area contributed by atoms with Crippen LogP contribution < -0.4 is 0 Å². The summed E-state index contributed by atoms with van der Waals surface area (Å²) in [5.41, 5.74) is 1.82. The molecule has 0 N–H and O–H groups in total. The Labute approximate surface area is 182 Å². The van der Waals surface area contributed by atoms with Crippen LogP contribution in [-0.2, 0) is 6.42 Å². The molecule has 0 spiro atoms. The van der Waals surface area contributed by atoms with E-state index in [1.165, 1.54) is 11.8 Å². The van der Waals surface area contributed by atoms with Gasteiger partial charge in [0, 0.05) is 11.1 Å². The number of nitrogens with zero attached hydrogens (tertiary/aromatic N) is 4. The number of benzene rings is 3. The lowest BCUT2D eigenvalue weighted by molar-refractivity contribution is 0.466. The second-order valence-electron chi connectivity index (χ2n) is 6.59. The topological polar surface area (TPSA) is 77.8 Å². The molecule has 31 heavy (non-hydrogen) atoms. The fraction of sp³-hybridized carbons (Fsp3) is 0.0833. The Kier molecular flexibility index (Phi) is 5.46. The molecule has 7 heteroatoms. The van der Waals surface area contributed by atoms with Crippen LogP contribution in [0.2, 0.25) is 0 Å². The van der Waals surface area contributed by atoms with E-state index in [-0.39, 0.29) is 0 Å².